The summed E-state index contributed by atoms with van der Waals surface area (Å²) in [7, 11) is 0. The van der Waals surface area contributed by atoms with Gasteiger partial charge in [-0.3, -0.25) is 0 Å². The van der Waals surface area contributed by atoms with Crippen LogP contribution in [0.4, 0.5) is 0 Å². The normalized spacial score (nSPS) is 23.0. The Morgan fingerprint density at radius 3 is 1.68 bits per heavy atom. The lowest BCUT2D eigenvalue weighted by Gasteiger charge is -2.49. The molecule has 69 heavy (non-hydrogen) atoms. The predicted octanol–water partition coefficient (Wildman–Crippen LogP) is 6.40. The number of ether oxygens (including phenoxy) is 3. The van der Waals surface area contributed by atoms with Gasteiger partial charge in [0.15, 0.2) is 35.2 Å². The van der Waals surface area contributed by atoms with E-state index >= 15 is 0 Å². The van der Waals surface area contributed by atoms with Crippen molar-refractivity contribution in [1.82, 2.24) is 0 Å². The number of benzene rings is 5. The number of aromatic hydroxyl groups is 10. The van der Waals surface area contributed by atoms with E-state index in [-0.39, 0.29) is 69.4 Å². The van der Waals surface area contributed by atoms with Crippen molar-refractivity contribution in [3.63, 3.8) is 0 Å². The summed E-state index contributed by atoms with van der Waals surface area (Å²) in [6, 6.07) is 11.9. The Balaban J connectivity index is 1.37. The molecule has 0 radical (unpaired) electrons. The smallest absolute Gasteiger partial charge is 0.157 e. The topological polar surface area (TPSA) is 311 Å². The summed E-state index contributed by atoms with van der Waals surface area (Å²) in [5, 5.41) is 157. The number of rotatable bonds is 10. The maximum absolute atomic E-state index is 12.8. The van der Waals surface area contributed by atoms with E-state index in [2.05, 4.69) is 0 Å². The molecule has 5 aromatic carbocycles. The van der Waals surface area contributed by atoms with Crippen molar-refractivity contribution in [1.29, 1.82) is 0 Å². The molecular weight excluding hydrogens is 897 g/mol. The van der Waals surface area contributed by atoms with Gasteiger partial charge in [0.05, 0.1) is 12.7 Å². The molecule has 0 aromatic heterocycles. The summed E-state index contributed by atoms with van der Waals surface area (Å²) in [5.41, 5.74) is -2.23. The number of fused-ring (bicyclic) bond motifs is 3. The molecule has 17 heteroatoms. The minimum atomic E-state index is -1.70. The second-order valence-electron chi connectivity index (χ2n) is 19.1. The minimum absolute atomic E-state index is 0.0105. The zero-order valence-corrected chi connectivity index (χ0v) is 38.2. The van der Waals surface area contributed by atoms with Gasteiger partial charge in [-0.1, -0.05) is 52.0 Å². The van der Waals surface area contributed by atoms with E-state index in [0.29, 0.717) is 17.6 Å². The molecule has 0 aliphatic carbocycles. The lowest BCUT2D eigenvalue weighted by molar-refractivity contribution is -0.0268. The maximum atomic E-state index is 12.8. The van der Waals surface area contributed by atoms with Crippen LogP contribution in [0, 0.1) is 0 Å². The lowest BCUT2D eigenvalue weighted by Crippen LogP contribution is -2.46. The molecule has 366 valence electrons. The zero-order valence-electron chi connectivity index (χ0n) is 38.2. The van der Waals surface area contributed by atoms with E-state index < -0.39 is 111 Å². The number of aliphatic hydroxyl groups excluding tert-OH is 4. The van der Waals surface area contributed by atoms with Crippen LogP contribution in [0.25, 0.3) is 0 Å². The molecule has 0 bridgehead atoms. The average Bonchev–Trinajstić information content (AvgIpc) is 3.26. The summed E-state index contributed by atoms with van der Waals surface area (Å²) in [5.74, 6) is -7.79. The van der Waals surface area contributed by atoms with Crippen molar-refractivity contribution in [2.45, 2.75) is 107 Å². The van der Waals surface area contributed by atoms with Gasteiger partial charge in [-0.05, 0) is 66.8 Å². The quantitative estimate of drug-likeness (QED) is 0.0532. The summed E-state index contributed by atoms with van der Waals surface area (Å²) in [4.78, 5) is 0. The van der Waals surface area contributed by atoms with Crippen molar-refractivity contribution in [2.24, 2.45) is 0 Å². The second-order valence-corrected chi connectivity index (χ2v) is 19.1. The molecule has 3 aliphatic heterocycles. The Labute approximate surface area is 396 Å². The number of phenolic OH excluding ortho intramolecular Hbond substituents is 10. The Hall–Kier alpha value is -7.18. The van der Waals surface area contributed by atoms with Crippen molar-refractivity contribution in [2.75, 3.05) is 6.61 Å². The van der Waals surface area contributed by atoms with E-state index in [4.69, 9.17) is 14.2 Å². The van der Waals surface area contributed by atoms with E-state index in [1.54, 1.807) is 40.7 Å². The first kappa shape index (κ1) is 48.3. The van der Waals surface area contributed by atoms with Gasteiger partial charge >= 0.3 is 0 Å². The Bertz CT molecular complexity index is 2880. The molecule has 8 unspecified atom stereocenters. The van der Waals surface area contributed by atoms with Crippen LogP contribution in [0.1, 0.15) is 104 Å². The predicted molar refractivity (Wildman–Crippen MR) is 248 cm³/mol. The van der Waals surface area contributed by atoms with E-state index in [0.717, 1.165) is 24.3 Å². The van der Waals surface area contributed by atoms with Gasteiger partial charge in [0.1, 0.15) is 70.1 Å². The van der Waals surface area contributed by atoms with E-state index in [9.17, 15) is 71.5 Å². The fraction of sp³-hybridized carbons (Fsp3) is 0.346. The van der Waals surface area contributed by atoms with Crippen LogP contribution in [-0.4, -0.2) is 103 Å². The van der Waals surface area contributed by atoms with Crippen molar-refractivity contribution >= 4 is 0 Å². The van der Waals surface area contributed by atoms with Gasteiger partial charge in [-0.2, -0.15) is 0 Å². The molecule has 0 amide bonds. The summed E-state index contributed by atoms with van der Waals surface area (Å²) < 4.78 is 19.6. The number of hydrogen-bond acceptors (Lipinski definition) is 17. The van der Waals surface area contributed by atoms with Crippen LogP contribution < -0.4 is 14.2 Å². The Morgan fingerprint density at radius 1 is 0.609 bits per heavy atom. The first-order valence-corrected chi connectivity index (χ1v) is 22.3. The molecule has 14 N–H and O–H groups in total. The van der Waals surface area contributed by atoms with E-state index in [1.165, 1.54) is 48.6 Å². The number of aliphatic hydroxyl groups is 4. The second kappa shape index (κ2) is 17.7. The average molecular weight is 953 g/mol. The van der Waals surface area contributed by atoms with Crippen LogP contribution in [0.3, 0.4) is 0 Å². The highest BCUT2D eigenvalue weighted by Crippen LogP contribution is 2.64. The number of hydrogen-bond donors (Lipinski definition) is 14. The van der Waals surface area contributed by atoms with Gasteiger partial charge in [-0.25, -0.2) is 0 Å². The third-order valence-corrected chi connectivity index (χ3v) is 13.8. The molecule has 0 saturated carbocycles. The van der Waals surface area contributed by atoms with Gasteiger partial charge in [0.25, 0.3) is 0 Å². The molecule has 5 aromatic rings. The molecule has 3 heterocycles. The fourth-order valence-corrected chi connectivity index (χ4v) is 10.8. The Kier molecular flexibility index (Phi) is 12.4. The van der Waals surface area contributed by atoms with Crippen LogP contribution in [0.15, 0.2) is 84.5 Å². The summed E-state index contributed by atoms with van der Waals surface area (Å²) >= 11 is 0. The van der Waals surface area contributed by atoms with Gasteiger partial charge in [-0.15, -0.1) is 0 Å². The third-order valence-electron chi connectivity index (χ3n) is 13.8. The third kappa shape index (κ3) is 8.24. The zero-order chi connectivity index (χ0) is 50.2. The molecule has 0 saturated heterocycles. The van der Waals surface area contributed by atoms with E-state index in [1.807, 2.05) is 0 Å². The number of phenols is 10. The summed E-state index contributed by atoms with van der Waals surface area (Å²) in [6.45, 7) is 7.74. The summed E-state index contributed by atoms with van der Waals surface area (Å²) in [6.07, 6.45) is -2.76. The minimum Gasteiger partial charge on any atom is -0.508 e. The molecular formula is C52H56O17. The molecule has 8 rings (SSSR count). The van der Waals surface area contributed by atoms with Gasteiger partial charge < -0.3 is 85.7 Å². The molecule has 3 aliphatic rings. The Morgan fingerprint density at radius 2 is 1.13 bits per heavy atom. The highest BCUT2D eigenvalue weighted by atomic mass is 16.5. The highest BCUT2D eigenvalue weighted by Gasteiger charge is 2.55. The first-order valence-electron chi connectivity index (χ1n) is 22.3. The van der Waals surface area contributed by atoms with Crippen molar-refractivity contribution in [3.05, 3.63) is 123 Å². The first-order chi connectivity index (χ1) is 32.5. The molecule has 0 spiro atoms. The SMILES string of the molecule is CC(O)/C=C(\C=C/CO)C1CCc2c(O)cc(O)c(C(C)(C)C3c4c(O)cc(O)c(C(C)(C)C5c6c(O)cc(O)cc6OC(c6ccc(O)c(O)c6)C5O)c4OC(c4ccc(O)c(O)c4)C3O)c2O1. The van der Waals surface area contributed by atoms with Gasteiger partial charge in [0.2, 0.25) is 0 Å². The standard InChI is InChI=1S/C52H56O17/c1-22(54)15-23(7-6-14-53)37-13-10-27-30(58)20-35(63)41(49(27)67-37)51(2,3)44-40-34(62)21-36(64)42(50(40)69-48(46(44)66)25-9-12-29(57)32(60)17-25)52(4,5)43-39-33(61)18-26(55)19-38(39)68-47(45(43)65)24-8-11-28(56)31(59)16-24/h6-9,11-12,15-22,37,43-48,53-66H,10,13-14H2,1-5H3/b7-6-,23-15+. The molecule has 8 atom stereocenters. The molecule has 17 nitrogen and oxygen atoms in total. The molecule has 0 fully saturated rings. The highest BCUT2D eigenvalue weighted by molar-refractivity contribution is 5.68. The van der Waals surface area contributed by atoms with Crippen molar-refractivity contribution < 1.29 is 85.7 Å². The lowest BCUT2D eigenvalue weighted by atomic mass is 9.61. The fourth-order valence-electron chi connectivity index (χ4n) is 10.8. The monoisotopic (exact) mass is 952 g/mol. The maximum Gasteiger partial charge on any atom is 0.157 e. The largest absolute Gasteiger partial charge is 0.508 e. The van der Waals surface area contributed by atoms with Crippen LogP contribution in [0.5, 0.6) is 74.7 Å². The van der Waals surface area contributed by atoms with Crippen LogP contribution in [-0.2, 0) is 17.3 Å². The van der Waals surface area contributed by atoms with Crippen LogP contribution >= 0.6 is 0 Å². The van der Waals surface area contributed by atoms with Gasteiger partial charge in [0, 0.05) is 74.7 Å². The van der Waals surface area contributed by atoms with Crippen molar-refractivity contribution in [3.8, 4) is 74.7 Å². The van der Waals surface area contributed by atoms with Crippen LogP contribution in [0.2, 0.25) is 0 Å².